The van der Waals surface area contributed by atoms with Crippen molar-refractivity contribution < 1.29 is 43.0 Å². The van der Waals surface area contributed by atoms with Crippen molar-refractivity contribution in [3.63, 3.8) is 0 Å². The number of nitrogens with zero attached hydrogens (tertiary/aromatic N) is 1. The summed E-state index contributed by atoms with van der Waals surface area (Å²) in [5, 5.41) is 12.3. The number of aldehydes is 1. The molecule has 15 heteroatoms. The Hall–Kier alpha value is -4.63. The molecule has 240 valence electrons. The molecule has 6 amide bonds. The van der Waals surface area contributed by atoms with Crippen LogP contribution in [0.2, 0.25) is 0 Å². The molecule has 44 heavy (non-hydrogen) atoms. The number of carbonyl (C=O) groups excluding carboxylic acids is 7. The normalized spacial score (nSPS) is 14.4. The number of carbonyl (C=O) groups is 7. The Labute approximate surface area is 255 Å². The van der Waals surface area contributed by atoms with E-state index >= 15 is 0 Å². The van der Waals surface area contributed by atoms with Crippen LogP contribution >= 0.6 is 0 Å². The maximum Gasteiger partial charge on any atom is 0.248 e. The summed E-state index contributed by atoms with van der Waals surface area (Å²) in [5.74, 6) is -2.83. The summed E-state index contributed by atoms with van der Waals surface area (Å²) >= 11 is 0. The zero-order valence-electron chi connectivity index (χ0n) is 24.7. The van der Waals surface area contributed by atoms with Gasteiger partial charge in [-0.05, 0) is 24.5 Å². The first kappa shape index (κ1) is 35.6. The van der Waals surface area contributed by atoms with E-state index in [2.05, 4.69) is 26.6 Å². The van der Waals surface area contributed by atoms with Crippen molar-refractivity contribution in [1.82, 2.24) is 31.5 Å². The molecule has 1 aliphatic rings. The maximum absolute atomic E-state index is 12.8. The fraction of sp³-hybridized carbons (Fsp3) is 0.483. The van der Waals surface area contributed by atoms with Crippen LogP contribution in [-0.2, 0) is 49.5 Å². The average molecular weight is 617 g/mol. The molecule has 0 fully saturated rings. The lowest BCUT2D eigenvalue weighted by atomic mass is 10.1. The lowest BCUT2D eigenvalue weighted by Crippen LogP contribution is -2.52. The molecule has 0 radical (unpaired) electrons. The van der Waals surface area contributed by atoms with Gasteiger partial charge in [-0.3, -0.25) is 28.8 Å². The molecule has 0 spiro atoms. The molecule has 2 atom stereocenters. The molecular formula is C29H40N6O9. The predicted octanol–water partition coefficient (Wildman–Crippen LogP) is -1.72. The van der Waals surface area contributed by atoms with Crippen LogP contribution in [0.5, 0.6) is 0 Å². The topological polar surface area (TPSA) is 201 Å². The summed E-state index contributed by atoms with van der Waals surface area (Å²) < 4.78 is 10.0. The van der Waals surface area contributed by atoms with E-state index in [0.29, 0.717) is 32.1 Å². The molecule has 0 aliphatic carbocycles. The van der Waals surface area contributed by atoms with Crippen LogP contribution in [0.3, 0.4) is 0 Å². The number of amides is 6. The second-order valence-corrected chi connectivity index (χ2v) is 9.69. The number of hydrogen-bond acceptors (Lipinski definition) is 9. The first-order valence-corrected chi connectivity index (χ1v) is 14.2. The van der Waals surface area contributed by atoms with E-state index in [1.807, 2.05) is 0 Å². The molecule has 1 aromatic carbocycles. The Morgan fingerprint density at radius 3 is 2.30 bits per heavy atom. The average Bonchev–Trinajstić information content (AvgIpc) is 3.38. The van der Waals surface area contributed by atoms with E-state index in [0.717, 1.165) is 5.56 Å². The zero-order valence-corrected chi connectivity index (χ0v) is 24.7. The monoisotopic (exact) mass is 616 g/mol. The second kappa shape index (κ2) is 20.3. The summed E-state index contributed by atoms with van der Waals surface area (Å²) in [6, 6.07) is 7.86. The number of unbranched alkanes of at least 4 members (excludes halogenated alkanes) is 2. The van der Waals surface area contributed by atoms with Gasteiger partial charge in [0.15, 0.2) is 6.23 Å². The van der Waals surface area contributed by atoms with Crippen molar-refractivity contribution in [2.24, 2.45) is 0 Å². The maximum atomic E-state index is 12.8. The van der Waals surface area contributed by atoms with E-state index in [-0.39, 0.29) is 57.3 Å². The van der Waals surface area contributed by atoms with Crippen molar-refractivity contribution in [3.05, 3.63) is 48.0 Å². The number of nitrogens with one attached hydrogen (secondary N) is 5. The molecule has 1 aliphatic heterocycles. The van der Waals surface area contributed by atoms with Crippen LogP contribution in [0.25, 0.3) is 0 Å². The Kier molecular flexibility index (Phi) is 16.4. The van der Waals surface area contributed by atoms with Crippen molar-refractivity contribution in [2.75, 3.05) is 46.6 Å². The van der Waals surface area contributed by atoms with Crippen LogP contribution < -0.4 is 26.6 Å². The number of benzene rings is 1. The summed E-state index contributed by atoms with van der Waals surface area (Å²) in [7, 11) is 1.53. The van der Waals surface area contributed by atoms with Gasteiger partial charge in [-0.2, -0.15) is 0 Å². The molecular weight excluding hydrogens is 576 g/mol. The van der Waals surface area contributed by atoms with Gasteiger partial charge < -0.3 is 45.8 Å². The molecule has 0 saturated carbocycles. The number of methoxy groups -OCH3 is 1. The highest BCUT2D eigenvalue weighted by Crippen LogP contribution is 2.13. The van der Waals surface area contributed by atoms with Crippen molar-refractivity contribution >= 4 is 41.7 Å². The van der Waals surface area contributed by atoms with Gasteiger partial charge in [0.1, 0.15) is 25.7 Å². The van der Waals surface area contributed by atoms with Gasteiger partial charge in [-0.1, -0.05) is 36.8 Å². The molecule has 2 rings (SSSR count). The highest BCUT2D eigenvalue weighted by atomic mass is 16.5. The second-order valence-electron chi connectivity index (χ2n) is 9.69. The first-order valence-electron chi connectivity index (χ1n) is 14.2. The number of hydrogen-bond donors (Lipinski definition) is 5. The molecule has 1 heterocycles. The lowest BCUT2D eigenvalue weighted by Gasteiger charge is -2.23. The fourth-order valence-electron chi connectivity index (χ4n) is 4.08. The van der Waals surface area contributed by atoms with Crippen LogP contribution in [0, 0.1) is 0 Å². The van der Waals surface area contributed by atoms with E-state index in [9.17, 15) is 33.6 Å². The van der Waals surface area contributed by atoms with Crippen LogP contribution in [0.15, 0.2) is 42.5 Å². The zero-order chi connectivity index (χ0) is 32.2. The summed E-state index contributed by atoms with van der Waals surface area (Å²) in [5.41, 5.74) is 0.757. The number of rotatable bonds is 21. The molecule has 1 aromatic rings. The Bertz CT molecular complexity index is 1160. The van der Waals surface area contributed by atoms with Crippen molar-refractivity contribution in [3.8, 4) is 0 Å². The van der Waals surface area contributed by atoms with Gasteiger partial charge in [0.05, 0.1) is 19.6 Å². The van der Waals surface area contributed by atoms with Crippen LogP contribution in [0.1, 0.15) is 31.2 Å². The molecule has 0 aromatic heterocycles. The minimum Gasteiger partial charge on any atom is -0.358 e. The summed E-state index contributed by atoms with van der Waals surface area (Å²) in [6.45, 7) is -1.01. The first-order chi connectivity index (χ1) is 21.2. The molecule has 5 N–H and O–H groups in total. The third-order valence-corrected chi connectivity index (χ3v) is 6.35. The molecule has 0 saturated heterocycles. The predicted molar refractivity (Wildman–Crippen MR) is 156 cm³/mol. The fourth-order valence-corrected chi connectivity index (χ4v) is 4.08. The summed E-state index contributed by atoms with van der Waals surface area (Å²) in [6.07, 6.45) is 5.64. The summed E-state index contributed by atoms with van der Waals surface area (Å²) in [4.78, 5) is 85.1. The molecule has 15 nitrogen and oxygen atoms in total. The van der Waals surface area contributed by atoms with E-state index < -0.39 is 36.2 Å². The van der Waals surface area contributed by atoms with Gasteiger partial charge in [-0.15, -0.1) is 0 Å². The van der Waals surface area contributed by atoms with E-state index in [1.165, 1.54) is 13.2 Å². The van der Waals surface area contributed by atoms with Gasteiger partial charge in [0.2, 0.25) is 35.4 Å². The van der Waals surface area contributed by atoms with Crippen molar-refractivity contribution in [1.29, 1.82) is 0 Å². The Morgan fingerprint density at radius 1 is 0.886 bits per heavy atom. The quantitative estimate of drug-likeness (QED) is 0.0605. The van der Waals surface area contributed by atoms with E-state index in [1.54, 1.807) is 41.3 Å². The Balaban J connectivity index is 1.69. The number of ether oxygens (including phenoxy) is 2. The van der Waals surface area contributed by atoms with E-state index in [4.69, 9.17) is 9.47 Å². The Morgan fingerprint density at radius 2 is 1.57 bits per heavy atom. The van der Waals surface area contributed by atoms with Crippen LogP contribution in [0.4, 0.5) is 0 Å². The minimum atomic E-state index is -1.04. The largest absolute Gasteiger partial charge is 0.358 e. The van der Waals surface area contributed by atoms with Crippen LogP contribution in [-0.4, -0.2) is 106 Å². The van der Waals surface area contributed by atoms with Crippen molar-refractivity contribution in [2.45, 2.75) is 44.4 Å². The molecule has 1 unspecified atom stereocenters. The van der Waals surface area contributed by atoms with Gasteiger partial charge in [0.25, 0.3) is 0 Å². The highest BCUT2D eigenvalue weighted by Gasteiger charge is 2.25. The highest BCUT2D eigenvalue weighted by molar-refractivity contribution is 5.93. The van der Waals surface area contributed by atoms with Gasteiger partial charge in [-0.25, -0.2) is 0 Å². The van der Waals surface area contributed by atoms with Gasteiger partial charge >= 0.3 is 0 Å². The minimum absolute atomic E-state index is 0.108. The third kappa shape index (κ3) is 14.0. The standard InChI is InChI=1S/C29H40N6O9/c1-43-28-12-11-27(41)35(28)13-7-3-6-10-23(37)30-17-24(38)31-19-26(40)34-22(16-21-8-4-2-5-9-21)29(42)32-18-25(39)33-20-44-15-14-36/h2,4-5,8-9,11-12,14,22,28H,3,6-7,10,13,15-20H2,1H3,(H,30,37)(H,31,38)(H,32,42)(H,33,39)(H,34,40)/t22-,28?/m0/s1. The lowest BCUT2D eigenvalue weighted by molar-refractivity contribution is -0.132. The van der Waals surface area contributed by atoms with Gasteiger partial charge in [0, 0.05) is 32.6 Å². The SMILES string of the molecule is COC1C=CC(=O)N1CCCCCC(=O)NCC(=O)NCC(=O)N[C@@H](Cc1ccccc1)C(=O)NCC(=O)NCOCC=O. The third-order valence-electron chi connectivity index (χ3n) is 6.35. The molecule has 0 bridgehead atoms. The smallest absolute Gasteiger partial charge is 0.248 e.